The summed E-state index contributed by atoms with van der Waals surface area (Å²) in [7, 11) is 0. The third-order valence-corrected chi connectivity index (χ3v) is 5.70. The molecule has 0 saturated carbocycles. The lowest BCUT2D eigenvalue weighted by molar-refractivity contribution is -0.130. The predicted octanol–water partition coefficient (Wildman–Crippen LogP) is 5.54. The Hall–Kier alpha value is -2.01. The molecule has 28 heavy (non-hydrogen) atoms. The molecule has 1 saturated heterocycles. The largest absolute Gasteiger partial charge is 0.339 e. The van der Waals surface area contributed by atoms with Crippen molar-refractivity contribution in [2.24, 2.45) is 5.92 Å². The molecule has 146 valence electrons. The Labute approximate surface area is 179 Å². The maximum Gasteiger partial charge on any atom is 0.246 e. The van der Waals surface area contributed by atoms with E-state index in [1.807, 2.05) is 30.3 Å². The number of carbonyl (C=O) groups excluding carboxylic acids is 2. The standard InChI is InChI=1S/C21H19Cl3N2O2/c22-16-12-18(24)19(13-17(16)23)25-21(28)15-8-10-26(11-9-15)20(27)7-6-14-4-2-1-3-5-14/h1-7,12-13,15H,8-11H2,(H,25,28)/b7-6+. The van der Waals surface area contributed by atoms with Crippen LogP contribution in [0.3, 0.4) is 0 Å². The van der Waals surface area contributed by atoms with Gasteiger partial charge in [0.15, 0.2) is 0 Å². The predicted molar refractivity (Wildman–Crippen MR) is 115 cm³/mol. The number of nitrogens with zero attached hydrogens (tertiary/aromatic N) is 1. The van der Waals surface area contributed by atoms with Gasteiger partial charge in [0.25, 0.3) is 0 Å². The third kappa shape index (κ3) is 5.28. The Morgan fingerprint density at radius 1 is 0.964 bits per heavy atom. The van der Waals surface area contributed by atoms with Crippen LogP contribution in [-0.4, -0.2) is 29.8 Å². The summed E-state index contributed by atoms with van der Waals surface area (Å²) in [4.78, 5) is 26.6. The minimum Gasteiger partial charge on any atom is -0.339 e. The lowest BCUT2D eigenvalue weighted by Crippen LogP contribution is -2.40. The van der Waals surface area contributed by atoms with Crippen LogP contribution in [0.5, 0.6) is 0 Å². The molecule has 3 rings (SSSR count). The molecule has 1 N–H and O–H groups in total. The highest BCUT2D eigenvalue weighted by Crippen LogP contribution is 2.33. The molecule has 0 unspecified atom stereocenters. The highest BCUT2D eigenvalue weighted by atomic mass is 35.5. The van der Waals surface area contributed by atoms with E-state index < -0.39 is 0 Å². The molecule has 1 fully saturated rings. The highest BCUT2D eigenvalue weighted by molar-refractivity contribution is 6.44. The van der Waals surface area contributed by atoms with Crippen molar-refractivity contribution in [3.05, 3.63) is 69.2 Å². The van der Waals surface area contributed by atoms with E-state index in [1.54, 1.807) is 17.1 Å². The molecule has 0 radical (unpaired) electrons. The lowest BCUT2D eigenvalue weighted by Gasteiger charge is -2.30. The van der Waals surface area contributed by atoms with Gasteiger partial charge in [0.05, 0.1) is 20.8 Å². The van der Waals surface area contributed by atoms with Gasteiger partial charge >= 0.3 is 0 Å². The molecule has 7 heteroatoms. The van der Waals surface area contributed by atoms with Gasteiger partial charge in [-0.05, 0) is 36.6 Å². The summed E-state index contributed by atoms with van der Waals surface area (Å²) in [6.07, 6.45) is 4.56. The maximum absolute atomic E-state index is 12.5. The zero-order chi connectivity index (χ0) is 20.1. The second-order valence-corrected chi connectivity index (χ2v) is 7.80. The number of piperidine rings is 1. The van der Waals surface area contributed by atoms with Gasteiger partial charge in [-0.2, -0.15) is 0 Å². The van der Waals surface area contributed by atoms with E-state index in [9.17, 15) is 9.59 Å². The number of hydrogen-bond acceptors (Lipinski definition) is 2. The average Bonchev–Trinajstić information content (AvgIpc) is 2.71. The van der Waals surface area contributed by atoms with Crippen LogP contribution in [0.25, 0.3) is 6.08 Å². The Morgan fingerprint density at radius 2 is 1.61 bits per heavy atom. The minimum atomic E-state index is -0.187. The number of rotatable bonds is 4. The van der Waals surface area contributed by atoms with E-state index in [0.29, 0.717) is 46.7 Å². The van der Waals surface area contributed by atoms with Crippen molar-refractivity contribution < 1.29 is 9.59 Å². The minimum absolute atomic E-state index is 0.0461. The van der Waals surface area contributed by atoms with Gasteiger partial charge in [-0.3, -0.25) is 9.59 Å². The summed E-state index contributed by atoms with van der Waals surface area (Å²) in [5.74, 6) is -0.366. The van der Waals surface area contributed by atoms with Crippen LogP contribution in [0, 0.1) is 5.92 Å². The summed E-state index contributed by atoms with van der Waals surface area (Å²) in [5.41, 5.74) is 1.41. The van der Waals surface area contributed by atoms with E-state index in [4.69, 9.17) is 34.8 Å². The molecule has 1 aliphatic heterocycles. The van der Waals surface area contributed by atoms with Crippen molar-refractivity contribution in [1.29, 1.82) is 0 Å². The molecule has 0 aromatic heterocycles. The van der Waals surface area contributed by atoms with Crippen molar-refractivity contribution in [3.63, 3.8) is 0 Å². The van der Waals surface area contributed by atoms with Gasteiger partial charge in [-0.25, -0.2) is 0 Å². The number of likely N-dealkylation sites (tertiary alicyclic amines) is 1. The fraction of sp³-hybridized carbons (Fsp3) is 0.238. The Morgan fingerprint density at radius 3 is 2.29 bits per heavy atom. The fourth-order valence-electron chi connectivity index (χ4n) is 3.05. The van der Waals surface area contributed by atoms with E-state index in [2.05, 4.69) is 5.32 Å². The number of amides is 2. The molecular formula is C21H19Cl3N2O2. The summed E-state index contributed by atoms with van der Waals surface area (Å²) >= 11 is 18.0. The zero-order valence-corrected chi connectivity index (χ0v) is 17.3. The number of benzene rings is 2. The van der Waals surface area contributed by atoms with Crippen molar-refractivity contribution in [2.45, 2.75) is 12.8 Å². The number of carbonyl (C=O) groups is 2. The second-order valence-electron chi connectivity index (χ2n) is 6.58. The van der Waals surface area contributed by atoms with Gasteiger partial charge in [0.2, 0.25) is 11.8 Å². The molecule has 0 atom stereocenters. The van der Waals surface area contributed by atoms with Crippen LogP contribution < -0.4 is 5.32 Å². The molecule has 2 aromatic carbocycles. The lowest BCUT2D eigenvalue weighted by atomic mass is 9.95. The highest BCUT2D eigenvalue weighted by Gasteiger charge is 2.27. The molecule has 0 aliphatic carbocycles. The maximum atomic E-state index is 12.5. The molecule has 1 heterocycles. The van der Waals surface area contributed by atoms with Gasteiger partial charge in [0, 0.05) is 25.1 Å². The molecule has 0 spiro atoms. The van der Waals surface area contributed by atoms with Crippen LogP contribution in [0.1, 0.15) is 18.4 Å². The average molecular weight is 438 g/mol. The molecule has 0 bridgehead atoms. The van der Waals surface area contributed by atoms with E-state index >= 15 is 0 Å². The second kappa shape index (κ2) is 9.46. The number of nitrogens with one attached hydrogen (secondary N) is 1. The van der Waals surface area contributed by atoms with Crippen LogP contribution in [0.2, 0.25) is 15.1 Å². The normalized spacial score (nSPS) is 15.0. The van der Waals surface area contributed by atoms with Crippen LogP contribution in [0.15, 0.2) is 48.5 Å². The van der Waals surface area contributed by atoms with Gasteiger partial charge < -0.3 is 10.2 Å². The quantitative estimate of drug-likeness (QED) is 0.504. The first-order valence-corrected chi connectivity index (χ1v) is 10.0. The van der Waals surface area contributed by atoms with Crippen molar-refractivity contribution >= 4 is 58.4 Å². The molecule has 2 aromatic rings. The summed E-state index contributed by atoms with van der Waals surface area (Å²) in [5, 5.41) is 3.80. The first kappa shape index (κ1) is 20.7. The Balaban J connectivity index is 1.53. The van der Waals surface area contributed by atoms with E-state index in [0.717, 1.165) is 5.56 Å². The van der Waals surface area contributed by atoms with Crippen molar-refractivity contribution in [3.8, 4) is 0 Å². The molecule has 2 amide bonds. The summed E-state index contributed by atoms with van der Waals surface area (Å²) < 4.78 is 0. The smallest absolute Gasteiger partial charge is 0.246 e. The van der Waals surface area contributed by atoms with Crippen LogP contribution >= 0.6 is 34.8 Å². The SMILES string of the molecule is O=C(Nc1cc(Cl)c(Cl)cc1Cl)C1CCN(C(=O)/C=C/c2ccccc2)CC1. The van der Waals surface area contributed by atoms with Crippen LogP contribution in [0.4, 0.5) is 5.69 Å². The third-order valence-electron chi connectivity index (χ3n) is 4.66. The van der Waals surface area contributed by atoms with Gasteiger partial charge in [0.1, 0.15) is 0 Å². The Bertz CT molecular complexity index is 892. The van der Waals surface area contributed by atoms with Gasteiger partial charge in [-0.15, -0.1) is 0 Å². The zero-order valence-electron chi connectivity index (χ0n) is 15.0. The number of hydrogen-bond donors (Lipinski definition) is 1. The molecule has 4 nitrogen and oxygen atoms in total. The van der Waals surface area contributed by atoms with E-state index in [-0.39, 0.29) is 17.7 Å². The first-order chi connectivity index (χ1) is 13.4. The summed E-state index contributed by atoms with van der Waals surface area (Å²) in [6.45, 7) is 1.07. The summed E-state index contributed by atoms with van der Waals surface area (Å²) in [6, 6.07) is 12.7. The fourth-order valence-corrected chi connectivity index (χ4v) is 3.65. The molecular weight excluding hydrogens is 419 g/mol. The topological polar surface area (TPSA) is 49.4 Å². The monoisotopic (exact) mass is 436 g/mol. The van der Waals surface area contributed by atoms with Crippen molar-refractivity contribution in [2.75, 3.05) is 18.4 Å². The van der Waals surface area contributed by atoms with E-state index in [1.165, 1.54) is 12.1 Å². The van der Waals surface area contributed by atoms with Gasteiger partial charge in [-0.1, -0.05) is 65.1 Å². The Kier molecular flexibility index (Phi) is 7.00. The number of anilines is 1. The van der Waals surface area contributed by atoms with Crippen LogP contribution in [-0.2, 0) is 9.59 Å². The van der Waals surface area contributed by atoms with Crippen molar-refractivity contribution in [1.82, 2.24) is 4.90 Å². The first-order valence-electron chi connectivity index (χ1n) is 8.91. The molecule has 1 aliphatic rings. The number of halogens is 3.